The molecule has 0 aliphatic carbocycles. The normalized spacial score (nSPS) is 19.0. The third-order valence-electron chi connectivity index (χ3n) is 4.85. The summed E-state index contributed by atoms with van der Waals surface area (Å²) in [6.45, 7) is 7.79. The first-order valence-corrected chi connectivity index (χ1v) is 8.51. The fraction of sp³-hybridized carbons (Fsp3) is 0.368. The van der Waals surface area contributed by atoms with Crippen molar-refractivity contribution in [1.82, 2.24) is 9.55 Å². The predicted octanol–water partition coefficient (Wildman–Crippen LogP) is 3.23. The molecule has 136 valence electrons. The molecule has 0 atom stereocenters. The molecule has 0 saturated carbocycles. The Labute approximate surface area is 152 Å². The van der Waals surface area contributed by atoms with Gasteiger partial charge in [-0.1, -0.05) is 6.07 Å². The van der Waals surface area contributed by atoms with E-state index in [0.29, 0.717) is 12.1 Å². The van der Waals surface area contributed by atoms with Crippen LogP contribution in [-0.4, -0.2) is 27.9 Å². The SMILES string of the molecule is CC1(C)OB(C(F)=Cc2ccc(=O)n(Cc3ccccn3)c2)OC1(C)C. The van der Waals surface area contributed by atoms with E-state index in [0.717, 1.165) is 5.69 Å². The molecule has 26 heavy (non-hydrogen) atoms. The summed E-state index contributed by atoms with van der Waals surface area (Å²) in [5, 5.41) is 0. The predicted molar refractivity (Wildman–Crippen MR) is 99.2 cm³/mol. The number of aromatic nitrogens is 2. The number of hydrogen-bond donors (Lipinski definition) is 0. The Bertz CT molecular complexity index is 862. The van der Waals surface area contributed by atoms with Crippen LogP contribution in [0.5, 0.6) is 0 Å². The van der Waals surface area contributed by atoms with E-state index in [-0.39, 0.29) is 5.56 Å². The molecule has 3 rings (SSSR count). The zero-order valence-electron chi connectivity index (χ0n) is 15.4. The highest BCUT2D eigenvalue weighted by atomic mass is 19.1. The van der Waals surface area contributed by atoms with E-state index in [1.807, 2.05) is 45.9 Å². The van der Waals surface area contributed by atoms with Crippen LogP contribution in [0, 0.1) is 0 Å². The summed E-state index contributed by atoms with van der Waals surface area (Å²) in [6.07, 6.45) is 4.60. The average Bonchev–Trinajstić information content (AvgIpc) is 2.80. The average molecular weight is 356 g/mol. The van der Waals surface area contributed by atoms with Crippen molar-refractivity contribution in [3.63, 3.8) is 0 Å². The third kappa shape index (κ3) is 3.79. The maximum Gasteiger partial charge on any atom is 0.525 e. The van der Waals surface area contributed by atoms with Gasteiger partial charge in [0, 0.05) is 18.5 Å². The second-order valence-corrected chi connectivity index (χ2v) is 7.37. The van der Waals surface area contributed by atoms with Gasteiger partial charge in [-0.15, -0.1) is 0 Å². The molecule has 0 amide bonds. The maximum atomic E-state index is 14.7. The molecule has 2 aromatic heterocycles. The highest BCUT2D eigenvalue weighted by Gasteiger charge is 2.53. The number of rotatable bonds is 4. The van der Waals surface area contributed by atoms with Crippen LogP contribution in [0.4, 0.5) is 4.39 Å². The molecule has 0 spiro atoms. The van der Waals surface area contributed by atoms with Crippen LogP contribution in [0.2, 0.25) is 0 Å². The van der Waals surface area contributed by atoms with Gasteiger partial charge in [-0.25, -0.2) is 4.39 Å². The second kappa shape index (κ2) is 6.81. The van der Waals surface area contributed by atoms with Crippen molar-refractivity contribution in [2.24, 2.45) is 0 Å². The molecule has 0 radical (unpaired) electrons. The van der Waals surface area contributed by atoms with Gasteiger partial charge in [-0.05, 0) is 57.5 Å². The smallest absolute Gasteiger partial charge is 0.398 e. The van der Waals surface area contributed by atoms with E-state index < -0.39 is 24.0 Å². The van der Waals surface area contributed by atoms with Gasteiger partial charge >= 0.3 is 7.12 Å². The molecule has 1 aliphatic rings. The molecular weight excluding hydrogens is 334 g/mol. The van der Waals surface area contributed by atoms with Crippen LogP contribution in [0.25, 0.3) is 6.08 Å². The summed E-state index contributed by atoms with van der Waals surface area (Å²) in [5.41, 5.74) is -0.633. The molecule has 1 saturated heterocycles. The number of nitrogens with zero attached hydrogens (tertiary/aromatic N) is 2. The molecule has 1 aliphatic heterocycles. The van der Waals surface area contributed by atoms with Crippen molar-refractivity contribution in [2.75, 3.05) is 0 Å². The largest absolute Gasteiger partial charge is 0.525 e. The van der Waals surface area contributed by atoms with Gasteiger partial charge < -0.3 is 13.9 Å². The summed E-state index contributed by atoms with van der Waals surface area (Å²) in [5.74, 6) is 0. The second-order valence-electron chi connectivity index (χ2n) is 7.37. The van der Waals surface area contributed by atoms with Gasteiger partial charge in [0.05, 0.1) is 23.4 Å². The monoisotopic (exact) mass is 356 g/mol. The van der Waals surface area contributed by atoms with E-state index in [4.69, 9.17) is 9.31 Å². The lowest BCUT2D eigenvalue weighted by Gasteiger charge is -2.32. The highest BCUT2D eigenvalue weighted by Crippen LogP contribution is 2.39. The molecule has 0 aromatic carbocycles. The van der Waals surface area contributed by atoms with Crippen LogP contribution in [-0.2, 0) is 15.9 Å². The molecule has 0 N–H and O–H groups in total. The quantitative estimate of drug-likeness (QED) is 0.790. The lowest BCUT2D eigenvalue weighted by Crippen LogP contribution is -2.41. The molecule has 7 heteroatoms. The highest BCUT2D eigenvalue weighted by molar-refractivity contribution is 6.54. The van der Waals surface area contributed by atoms with Crippen molar-refractivity contribution in [2.45, 2.75) is 45.4 Å². The molecule has 5 nitrogen and oxygen atoms in total. The lowest BCUT2D eigenvalue weighted by molar-refractivity contribution is 0.00578. The van der Waals surface area contributed by atoms with Gasteiger partial charge in [0.25, 0.3) is 5.56 Å². The minimum absolute atomic E-state index is 0.177. The van der Waals surface area contributed by atoms with Crippen molar-refractivity contribution in [1.29, 1.82) is 0 Å². The van der Waals surface area contributed by atoms with Crippen LogP contribution in [0.1, 0.15) is 39.0 Å². The van der Waals surface area contributed by atoms with Crippen molar-refractivity contribution in [3.8, 4) is 0 Å². The first-order valence-electron chi connectivity index (χ1n) is 8.51. The van der Waals surface area contributed by atoms with Crippen molar-refractivity contribution >= 4 is 13.2 Å². The number of pyridine rings is 2. The zero-order valence-corrected chi connectivity index (χ0v) is 15.4. The Morgan fingerprint density at radius 3 is 2.50 bits per heavy atom. The molecule has 3 heterocycles. The van der Waals surface area contributed by atoms with E-state index in [9.17, 15) is 9.18 Å². The summed E-state index contributed by atoms with van der Waals surface area (Å²) >= 11 is 0. The summed E-state index contributed by atoms with van der Waals surface area (Å²) < 4.78 is 27.5. The van der Waals surface area contributed by atoms with E-state index in [1.165, 1.54) is 16.7 Å². The molecule has 2 aromatic rings. The van der Waals surface area contributed by atoms with Crippen LogP contribution >= 0.6 is 0 Å². The van der Waals surface area contributed by atoms with Gasteiger partial charge in [0.1, 0.15) is 5.73 Å². The van der Waals surface area contributed by atoms with Gasteiger partial charge in [-0.2, -0.15) is 0 Å². The van der Waals surface area contributed by atoms with Crippen molar-refractivity contribution in [3.05, 3.63) is 70.1 Å². The minimum atomic E-state index is -1.06. The van der Waals surface area contributed by atoms with Gasteiger partial charge in [0.2, 0.25) is 0 Å². The topological polar surface area (TPSA) is 53.4 Å². The van der Waals surface area contributed by atoms with E-state index in [2.05, 4.69) is 4.98 Å². The molecular formula is C19H22BFN2O3. The minimum Gasteiger partial charge on any atom is -0.398 e. The van der Waals surface area contributed by atoms with Gasteiger partial charge in [-0.3, -0.25) is 9.78 Å². The Balaban J connectivity index is 1.83. The van der Waals surface area contributed by atoms with Crippen LogP contribution < -0.4 is 5.56 Å². The molecule has 0 bridgehead atoms. The van der Waals surface area contributed by atoms with E-state index in [1.54, 1.807) is 18.5 Å². The first-order chi connectivity index (χ1) is 12.2. The Hall–Kier alpha value is -2.25. The number of halogens is 1. The summed E-state index contributed by atoms with van der Waals surface area (Å²) in [4.78, 5) is 16.3. The van der Waals surface area contributed by atoms with Gasteiger partial charge in [0.15, 0.2) is 0 Å². The third-order valence-corrected chi connectivity index (χ3v) is 4.85. The Kier molecular flexibility index (Phi) is 4.86. The first kappa shape index (κ1) is 18.5. The Morgan fingerprint density at radius 2 is 1.88 bits per heavy atom. The molecule has 0 unspecified atom stereocenters. The fourth-order valence-electron chi connectivity index (χ4n) is 2.61. The van der Waals surface area contributed by atoms with Crippen LogP contribution in [0.3, 0.4) is 0 Å². The van der Waals surface area contributed by atoms with Crippen LogP contribution in [0.15, 0.2) is 53.2 Å². The Morgan fingerprint density at radius 1 is 1.19 bits per heavy atom. The maximum absolute atomic E-state index is 14.7. The van der Waals surface area contributed by atoms with Crippen molar-refractivity contribution < 1.29 is 13.7 Å². The standard InChI is InChI=1S/C19H22BFN2O3/c1-18(2)19(3,4)26-20(25-18)16(21)11-14-8-9-17(24)23(12-14)13-15-7-5-6-10-22-15/h5-12H,13H2,1-4H3. The summed E-state index contributed by atoms with van der Waals surface area (Å²) in [7, 11) is -1.06. The zero-order chi connectivity index (χ0) is 18.9. The fourth-order valence-corrected chi connectivity index (χ4v) is 2.61. The number of hydrogen-bond acceptors (Lipinski definition) is 4. The van der Waals surface area contributed by atoms with E-state index >= 15 is 0 Å². The molecule has 1 fully saturated rings. The lowest BCUT2D eigenvalue weighted by atomic mass is 9.87. The summed E-state index contributed by atoms with van der Waals surface area (Å²) in [6, 6.07) is 8.48.